The lowest BCUT2D eigenvalue weighted by Crippen LogP contribution is -2.19. The summed E-state index contributed by atoms with van der Waals surface area (Å²) >= 11 is 0. The Morgan fingerprint density at radius 1 is 1.57 bits per heavy atom. The van der Waals surface area contributed by atoms with E-state index >= 15 is 0 Å². The first kappa shape index (κ1) is 9.45. The van der Waals surface area contributed by atoms with Gasteiger partial charge in [0.05, 0.1) is 6.04 Å². The fourth-order valence-electron chi connectivity index (χ4n) is 1.41. The molecule has 1 atom stereocenters. The van der Waals surface area contributed by atoms with Gasteiger partial charge in [-0.05, 0) is 26.2 Å². The lowest BCUT2D eigenvalue weighted by Gasteiger charge is -2.11. The van der Waals surface area contributed by atoms with Crippen molar-refractivity contribution in [2.45, 2.75) is 44.7 Å². The maximum Gasteiger partial charge on any atom is 0.315 e. The Bertz CT molecular complexity index is 316. The molecule has 1 aromatic heterocycles. The lowest BCUT2D eigenvalue weighted by atomic mass is 10.2. The van der Waals surface area contributed by atoms with Crippen LogP contribution >= 0.6 is 0 Å². The van der Waals surface area contributed by atoms with E-state index in [9.17, 15) is 0 Å². The maximum atomic E-state index is 5.61. The fourth-order valence-corrected chi connectivity index (χ4v) is 1.41. The average molecular weight is 196 g/mol. The number of hydrogen-bond acceptors (Lipinski definition) is 5. The summed E-state index contributed by atoms with van der Waals surface area (Å²) in [4.78, 5) is 0. The van der Waals surface area contributed by atoms with Gasteiger partial charge in [-0.1, -0.05) is 12.0 Å². The van der Waals surface area contributed by atoms with Crippen molar-refractivity contribution in [1.82, 2.24) is 10.2 Å². The topological polar surface area (TPSA) is 77.0 Å². The van der Waals surface area contributed by atoms with E-state index < -0.39 is 0 Å². The van der Waals surface area contributed by atoms with Gasteiger partial charge in [-0.3, -0.25) is 0 Å². The van der Waals surface area contributed by atoms with Crippen LogP contribution in [-0.2, 0) is 0 Å². The molecule has 5 heteroatoms. The monoisotopic (exact) mass is 196 g/mol. The Labute approximate surface area is 83.1 Å². The molecule has 78 valence electrons. The molecule has 0 saturated heterocycles. The normalized spacial score (nSPS) is 20.5. The number of hydrogen-bond donors (Lipinski definition) is 2. The molecule has 1 aliphatic rings. The third kappa shape index (κ3) is 1.72. The molecule has 3 N–H and O–H groups in total. The molecule has 14 heavy (non-hydrogen) atoms. The van der Waals surface area contributed by atoms with Crippen molar-refractivity contribution in [3.63, 3.8) is 0 Å². The van der Waals surface area contributed by atoms with Crippen LogP contribution in [0.2, 0.25) is 0 Å². The van der Waals surface area contributed by atoms with Gasteiger partial charge in [0.1, 0.15) is 0 Å². The van der Waals surface area contributed by atoms with Crippen molar-refractivity contribution >= 4 is 6.01 Å². The Morgan fingerprint density at radius 2 is 2.29 bits per heavy atom. The Kier molecular flexibility index (Phi) is 2.19. The van der Waals surface area contributed by atoms with Gasteiger partial charge in [0, 0.05) is 5.54 Å². The Hall–Kier alpha value is -1.10. The standard InChI is InChI=1S/C9H16N4O/c1-3-9(4-5-9)11-8-13-12-7(14-8)6(2)10/h6H,3-5,10H2,1-2H3,(H,11,13). The molecule has 0 spiro atoms. The van der Waals surface area contributed by atoms with E-state index in [1.54, 1.807) is 0 Å². The van der Waals surface area contributed by atoms with Gasteiger partial charge in [0.15, 0.2) is 0 Å². The predicted molar refractivity (Wildman–Crippen MR) is 52.8 cm³/mol. The van der Waals surface area contributed by atoms with Crippen LogP contribution in [0.4, 0.5) is 6.01 Å². The molecule has 2 rings (SSSR count). The van der Waals surface area contributed by atoms with Gasteiger partial charge >= 0.3 is 6.01 Å². The molecule has 0 amide bonds. The summed E-state index contributed by atoms with van der Waals surface area (Å²) in [5.41, 5.74) is 5.82. The first-order chi connectivity index (χ1) is 6.65. The van der Waals surface area contributed by atoms with Gasteiger partial charge in [-0.2, -0.15) is 0 Å². The smallest absolute Gasteiger partial charge is 0.315 e. The first-order valence-electron chi connectivity index (χ1n) is 5.02. The van der Waals surface area contributed by atoms with Gasteiger partial charge in [0.2, 0.25) is 5.89 Å². The molecule has 1 aliphatic carbocycles. The average Bonchev–Trinajstić information content (AvgIpc) is 2.75. The Balaban J connectivity index is 2.03. The molecule has 1 aromatic rings. The van der Waals surface area contributed by atoms with Crippen LogP contribution in [-0.4, -0.2) is 15.7 Å². The third-order valence-electron chi connectivity index (χ3n) is 2.73. The zero-order valence-corrected chi connectivity index (χ0v) is 8.58. The molecule has 1 saturated carbocycles. The van der Waals surface area contributed by atoms with Crippen molar-refractivity contribution in [3.05, 3.63) is 5.89 Å². The van der Waals surface area contributed by atoms with Crippen LogP contribution in [0.5, 0.6) is 0 Å². The van der Waals surface area contributed by atoms with Crippen molar-refractivity contribution in [2.24, 2.45) is 5.73 Å². The van der Waals surface area contributed by atoms with Crippen LogP contribution < -0.4 is 11.1 Å². The highest BCUT2D eigenvalue weighted by Gasteiger charge is 2.41. The van der Waals surface area contributed by atoms with E-state index in [4.69, 9.17) is 10.2 Å². The number of aromatic nitrogens is 2. The fraction of sp³-hybridized carbons (Fsp3) is 0.778. The predicted octanol–water partition coefficient (Wildman–Crippen LogP) is 1.44. The summed E-state index contributed by atoms with van der Waals surface area (Å²) in [6.07, 6.45) is 3.45. The van der Waals surface area contributed by atoms with E-state index in [2.05, 4.69) is 22.4 Å². The number of nitrogens with zero attached hydrogens (tertiary/aromatic N) is 2. The number of nitrogens with one attached hydrogen (secondary N) is 1. The quantitative estimate of drug-likeness (QED) is 0.762. The summed E-state index contributed by atoms with van der Waals surface area (Å²) in [5, 5.41) is 11.0. The van der Waals surface area contributed by atoms with E-state index in [0.717, 1.165) is 6.42 Å². The second-order valence-electron chi connectivity index (χ2n) is 3.99. The van der Waals surface area contributed by atoms with E-state index in [1.165, 1.54) is 12.8 Å². The summed E-state index contributed by atoms with van der Waals surface area (Å²) in [7, 11) is 0. The number of rotatable bonds is 4. The van der Waals surface area contributed by atoms with Crippen LogP contribution in [0.15, 0.2) is 4.42 Å². The Morgan fingerprint density at radius 3 is 2.71 bits per heavy atom. The zero-order chi connectivity index (χ0) is 10.2. The molecule has 5 nitrogen and oxygen atoms in total. The molecule has 0 aliphatic heterocycles. The summed E-state index contributed by atoms with van der Waals surface area (Å²) in [5.74, 6) is 0.486. The SMILES string of the molecule is CCC1(Nc2nnc(C(C)N)o2)CC1. The second kappa shape index (κ2) is 3.24. The minimum Gasteiger partial charge on any atom is -0.406 e. The molecule has 1 unspecified atom stereocenters. The molecule has 0 bridgehead atoms. The summed E-state index contributed by atoms with van der Waals surface area (Å²) in [6.45, 7) is 3.98. The third-order valence-corrected chi connectivity index (χ3v) is 2.73. The largest absolute Gasteiger partial charge is 0.406 e. The molecular formula is C9H16N4O. The number of nitrogens with two attached hydrogens (primary N) is 1. The molecule has 1 heterocycles. The molecule has 0 radical (unpaired) electrons. The summed E-state index contributed by atoms with van der Waals surface area (Å²) in [6, 6.07) is 0.298. The highest BCUT2D eigenvalue weighted by atomic mass is 16.4. The first-order valence-corrected chi connectivity index (χ1v) is 5.02. The van der Waals surface area contributed by atoms with Crippen LogP contribution in [0.3, 0.4) is 0 Å². The highest BCUT2D eigenvalue weighted by molar-refractivity contribution is 5.29. The van der Waals surface area contributed by atoms with E-state index in [-0.39, 0.29) is 11.6 Å². The molecule has 1 fully saturated rings. The molecule has 0 aromatic carbocycles. The highest BCUT2D eigenvalue weighted by Crippen LogP contribution is 2.41. The van der Waals surface area contributed by atoms with Crippen LogP contribution in [0.25, 0.3) is 0 Å². The lowest BCUT2D eigenvalue weighted by molar-refractivity contribution is 0.465. The van der Waals surface area contributed by atoms with Crippen molar-refractivity contribution in [1.29, 1.82) is 0 Å². The van der Waals surface area contributed by atoms with Gasteiger partial charge in [0.25, 0.3) is 0 Å². The van der Waals surface area contributed by atoms with Gasteiger partial charge < -0.3 is 15.5 Å². The van der Waals surface area contributed by atoms with Gasteiger partial charge in [-0.25, -0.2) is 0 Å². The summed E-state index contributed by atoms with van der Waals surface area (Å²) < 4.78 is 5.36. The molecular weight excluding hydrogens is 180 g/mol. The van der Waals surface area contributed by atoms with E-state index in [0.29, 0.717) is 11.9 Å². The minimum atomic E-state index is -0.199. The van der Waals surface area contributed by atoms with Crippen LogP contribution in [0, 0.1) is 0 Å². The van der Waals surface area contributed by atoms with Crippen molar-refractivity contribution < 1.29 is 4.42 Å². The maximum absolute atomic E-state index is 5.61. The number of anilines is 1. The minimum absolute atomic E-state index is 0.199. The van der Waals surface area contributed by atoms with Gasteiger partial charge in [-0.15, -0.1) is 5.10 Å². The van der Waals surface area contributed by atoms with Crippen LogP contribution in [0.1, 0.15) is 45.0 Å². The van der Waals surface area contributed by atoms with E-state index in [1.807, 2.05) is 6.92 Å². The van der Waals surface area contributed by atoms with Crippen molar-refractivity contribution in [2.75, 3.05) is 5.32 Å². The second-order valence-corrected chi connectivity index (χ2v) is 3.99. The zero-order valence-electron chi connectivity index (χ0n) is 8.58. The van der Waals surface area contributed by atoms with Crippen molar-refractivity contribution in [3.8, 4) is 0 Å².